The Bertz CT molecular complexity index is 1710. The Labute approximate surface area is 339 Å². The standard InChI is InChI=1S/C46H66N4O7/c1-29(2)48-43(54)34(18-11-12-20-38-32(5)41(52)30(3)31(4)42(38)53)28-40(51)39-21-15-25-50(39)44(55)35(27-36-19-13-14-24-47-36)22-23-37(26-33-16-9-10-17-33)49-45(56)57-46(6,7)8/h13-14,19,22-24,29,33-35,37,39H,9-12,15-18,20-21,25-28H2,1-8H3,(H,48,54)(H,49,56)/b23-22+/t34-,35-,37-,39+/m1/s1. The fraction of sp³-hybridized carbons (Fsp3) is 0.630. The average molecular weight is 787 g/mol. The van der Waals surface area contributed by atoms with Crippen LogP contribution in [-0.2, 0) is 35.1 Å². The van der Waals surface area contributed by atoms with E-state index in [-0.39, 0.29) is 47.7 Å². The van der Waals surface area contributed by atoms with Gasteiger partial charge in [0.25, 0.3) is 0 Å². The second kappa shape index (κ2) is 20.8. The van der Waals surface area contributed by atoms with Crippen molar-refractivity contribution < 1.29 is 33.5 Å². The number of likely N-dealkylation sites (tertiary alicyclic amines) is 1. The number of carbonyl (C=O) groups is 6. The van der Waals surface area contributed by atoms with Gasteiger partial charge in [0.2, 0.25) is 11.8 Å². The number of pyridine rings is 1. The number of alkyl carbamates (subject to hydrolysis) is 1. The van der Waals surface area contributed by atoms with Crippen molar-refractivity contribution in [2.45, 2.75) is 163 Å². The van der Waals surface area contributed by atoms with Crippen molar-refractivity contribution in [3.63, 3.8) is 0 Å². The van der Waals surface area contributed by atoms with Gasteiger partial charge in [0.15, 0.2) is 17.3 Å². The number of nitrogens with one attached hydrogen (secondary N) is 2. The second-order valence-corrected chi connectivity index (χ2v) is 17.6. The number of carbonyl (C=O) groups excluding carboxylic acids is 6. The van der Waals surface area contributed by atoms with Gasteiger partial charge in [-0.1, -0.05) is 50.3 Å². The second-order valence-electron chi connectivity index (χ2n) is 17.6. The number of hydrogen-bond acceptors (Lipinski definition) is 8. The van der Waals surface area contributed by atoms with Gasteiger partial charge in [-0.25, -0.2) is 4.79 Å². The van der Waals surface area contributed by atoms with Gasteiger partial charge >= 0.3 is 6.09 Å². The summed E-state index contributed by atoms with van der Waals surface area (Å²) < 4.78 is 5.59. The largest absolute Gasteiger partial charge is 0.444 e. The van der Waals surface area contributed by atoms with Crippen LogP contribution >= 0.6 is 0 Å². The minimum absolute atomic E-state index is 0.00278. The molecule has 4 rings (SSSR count). The Morgan fingerprint density at radius 3 is 2.26 bits per heavy atom. The zero-order valence-corrected chi connectivity index (χ0v) is 35.6. The quantitative estimate of drug-likeness (QED) is 0.0872. The maximum absolute atomic E-state index is 14.5. The summed E-state index contributed by atoms with van der Waals surface area (Å²) in [6.07, 6.45) is 13.8. The number of amides is 3. The van der Waals surface area contributed by atoms with Crippen LogP contribution in [0.5, 0.6) is 0 Å². The zero-order chi connectivity index (χ0) is 41.9. The van der Waals surface area contributed by atoms with Crippen molar-refractivity contribution in [3.05, 3.63) is 64.5 Å². The molecule has 57 heavy (non-hydrogen) atoms. The molecule has 1 saturated carbocycles. The average Bonchev–Trinajstić information content (AvgIpc) is 3.86. The molecule has 4 atom stereocenters. The summed E-state index contributed by atoms with van der Waals surface area (Å²) in [5, 5.41) is 6.01. The van der Waals surface area contributed by atoms with E-state index in [0.29, 0.717) is 79.7 Å². The van der Waals surface area contributed by atoms with Crippen molar-refractivity contribution in [3.8, 4) is 0 Å². The molecular formula is C46H66N4O7. The normalized spacial score (nSPS) is 19.7. The van der Waals surface area contributed by atoms with E-state index >= 15 is 0 Å². The molecule has 0 bridgehead atoms. The Hall–Kier alpha value is -4.41. The third-order valence-electron chi connectivity index (χ3n) is 11.5. The summed E-state index contributed by atoms with van der Waals surface area (Å²) in [5.41, 5.74) is 2.07. The number of ether oxygens (including phenoxy) is 1. The van der Waals surface area contributed by atoms with Crippen LogP contribution in [0, 0.1) is 17.8 Å². The summed E-state index contributed by atoms with van der Waals surface area (Å²) in [6.45, 7) is 14.7. The van der Waals surface area contributed by atoms with Crippen LogP contribution in [0.25, 0.3) is 0 Å². The summed E-state index contributed by atoms with van der Waals surface area (Å²) in [5.74, 6) is -1.48. The number of nitrogens with zero attached hydrogens (tertiary/aromatic N) is 2. The van der Waals surface area contributed by atoms with Gasteiger partial charge in [-0.05, 0) is 112 Å². The van der Waals surface area contributed by atoms with E-state index in [1.165, 1.54) is 0 Å². The molecule has 0 unspecified atom stereocenters. The van der Waals surface area contributed by atoms with Crippen molar-refractivity contribution >= 4 is 35.3 Å². The van der Waals surface area contributed by atoms with Crippen LogP contribution in [0.4, 0.5) is 4.79 Å². The molecule has 1 aromatic rings. The summed E-state index contributed by atoms with van der Waals surface area (Å²) >= 11 is 0. The molecule has 2 fully saturated rings. The molecule has 2 heterocycles. The van der Waals surface area contributed by atoms with Crippen molar-refractivity contribution in [1.82, 2.24) is 20.5 Å². The molecule has 1 aromatic heterocycles. The Morgan fingerprint density at radius 1 is 0.912 bits per heavy atom. The van der Waals surface area contributed by atoms with Crippen LogP contribution in [0.2, 0.25) is 0 Å². The molecule has 0 radical (unpaired) electrons. The summed E-state index contributed by atoms with van der Waals surface area (Å²) in [4.78, 5) is 86.9. The highest BCUT2D eigenvalue weighted by molar-refractivity contribution is 6.24. The lowest BCUT2D eigenvalue weighted by molar-refractivity contribution is -0.140. The fourth-order valence-electron chi connectivity index (χ4n) is 8.33. The smallest absolute Gasteiger partial charge is 0.408 e. The third kappa shape index (κ3) is 13.3. The van der Waals surface area contributed by atoms with Gasteiger partial charge in [0.05, 0.1) is 18.0 Å². The first-order valence-electron chi connectivity index (χ1n) is 21.1. The Morgan fingerprint density at radius 2 is 1.61 bits per heavy atom. The zero-order valence-electron chi connectivity index (χ0n) is 35.6. The van der Waals surface area contributed by atoms with Gasteiger partial charge < -0.3 is 20.3 Å². The maximum atomic E-state index is 14.5. The van der Waals surface area contributed by atoms with E-state index in [0.717, 1.165) is 37.8 Å². The predicted molar refractivity (Wildman–Crippen MR) is 221 cm³/mol. The first kappa shape index (κ1) is 45.3. The first-order valence-corrected chi connectivity index (χ1v) is 21.1. The number of allylic oxidation sites excluding steroid dienone is 4. The van der Waals surface area contributed by atoms with Crippen molar-refractivity contribution in [2.75, 3.05) is 6.54 Å². The van der Waals surface area contributed by atoms with Gasteiger partial charge in [0, 0.05) is 65.5 Å². The molecule has 3 amide bonds. The topological polar surface area (TPSA) is 152 Å². The highest BCUT2D eigenvalue weighted by atomic mass is 16.6. The SMILES string of the molecule is CC1=C(C)C(=O)C(CCCC[C@H](CC(=O)[C@@H]2CCCN2C(=O)[C@H](/C=C/[C@H](CC2CCCC2)NC(=O)OC(C)(C)C)Cc2ccccn2)C(=O)NC(C)C)=C(C)C1=O. The van der Waals surface area contributed by atoms with E-state index < -0.39 is 29.6 Å². The number of ketones is 3. The summed E-state index contributed by atoms with van der Waals surface area (Å²) in [6, 6.07) is 4.49. The number of rotatable bonds is 18. The summed E-state index contributed by atoms with van der Waals surface area (Å²) in [7, 11) is 0. The van der Waals surface area contributed by atoms with Crippen molar-refractivity contribution in [1.29, 1.82) is 0 Å². The molecule has 2 N–H and O–H groups in total. The molecule has 0 aromatic carbocycles. The molecule has 1 aliphatic heterocycles. The molecule has 0 spiro atoms. The van der Waals surface area contributed by atoms with Crippen LogP contribution in [0.15, 0.2) is 58.8 Å². The lowest BCUT2D eigenvalue weighted by Crippen LogP contribution is -2.45. The van der Waals surface area contributed by atoms with Gasteiger partial charge in [0.1, 0.15) is 5.60 Å². The van der Waals surface area contributed by atoms with Gasteiger partial charge in [-0.3, -0.25) is 29.0 Å². The highest BCUT2D eigenvalue weighted by Crippen LogP contribution is 2.31. The molecule has 1 saturated heterocycles. The molecule has 3 aliphatic rings. The number of aromatic nitrogens is 1. The van der Waals surface area contributed by atoms with E-state index in [9.17, 15) is 28.8 Å². The molecule has 11 nitrogen and oxygen atoms in total. The molecular weight excluding hydrogens is 721 g/mol. The van der Waals surface area contributed by atoms with E-state index in [1.54, 1.807) is 31.9 Å². The monoisotopic (exact) mass is 786 g/mol. The van der Waals surface area contributed by atoms with E-state index in [4.69, 9.17) is 4.74 Å². The van der Waals surface area contributed by atoms with E-state index in [1.807, 2.05) is 65.0 Å². The van der Waals surface area contributed by atoms with Crippen LogP contribution in [0.1, 0.15) is 138 Å². The minimum atomic E-state index is -0.655. The Kier molecular flexibility index (Phi) is 16.6. The highest BCUT2D eigenvalue weighted by Gasteiger charge is 2.38. The minimum Gasteiger partial charge on any atom is -0.444 e. The van der Waals surface area contributed by atoms with Crippen LogP contribution < -0.4 is 10.6 Å². The third-order valence-corrected chi connectivity index (χ3v) is 11.5. The molecule has 2 aliphatic carbocycles. The van der Waals surface area contributed by atoms with Crippen LogP contribution in [0.3, 0.4) is 0 Å². The van der Waals surface area contributed by atoms with Crippen molar-refractivity contribution in [2.24, 2.45) is 17.8 Å². The van der Waals surface area contributed by atoms with Crippen LogP contribution in [-0.4, -0.2) is 75.4 Å². The first-order chi connectivity index (χ1) is 26.9. The number of unbranched alkanes of at least 4 members (excludes halogenated alkanes) is 1. The molecule has 312 valence electrons. The van der Waals surface area contributed by atoms with E-state index in [2.05, 4.69) is 15.6 Å². The number of hydrogen-bond donors (Lipinski definition) is 2. The lowest BCUT2D eigenvalue weighted by atomic mass is 9.83. The lowest BCUT2D eigenvalue weighted by Gasteiger charge is -2.29. The maximum Gasteiger partial charge on any atom is 0.408 e. The number of Topliss-reactive ketones (excluding diaryl/α,β-unsaturated/α-hetero) is 3. The van der Waals surface area contributed by atoms with Gasteiger partial charge in [-0.2, -0.15) is 0 Å². The Balaban J connectivity index is 1.49. The predicted octanol–water partition coefficient (Wildman–Crippen LogP) is 7.73. The fourth-order valence-corrected chi connectivity index (χ4v) is 8.33. The van der Waals surface area contributed by atoms with Gasteiger partial charge in [-0.15, -0.1) is 0 Å². The molecule has 11 heteroatoms.